The van der Waals surface area contributed by atoms with E-state index in [0.717, 1.165) is 31.7 Å². The van der Waals surface area contributed by atoms with Crippen LogP contribution in [0.4, 0.5) is 0 Å². The fourth-order valence-electron chi connectivity index (χ4n) is 4.14. The highest BCUT2D eigenvalue weighted by molar-refractivity contribution is 8.01. The number of aliphatic imine (C=N–C) groups is 1. The van der Waals surface area contributed by atoms with Gasteiger partial charge in [-0.2, -0.15) is 0 Å². The summed E-state index contributed by atoms with van der Waals surface area (Å²) in [7, 11) is 0. The third kappa shape index (κ3) is 2.35. The van der Waals surface area contributed by atoms with Gasteiger partial charge in [-0.1, -0.05) is 24.6 Å². The molecule has 3 aliphatic heterocycles. The second-order valence-corrected chi connectivity index (χ2v) is 8.00. The highest BCUT2D eigenvalue weighted by Gasteiger charge is 2.54. The van der Waals surface area contributed by atoms with Gasteiger partial charge in [-0.3, -0.25) is 15.2 Å². The van der Waals surface area contributed by atoms with E-state index in [4.69, 9.17) is 0 Å². The predicted octanol–water partition coefficient (Wildman–Crippen LogP) is 2.54. The van der Waals surface area contributed by atoms with Crippen molar-refractivity contribution in [2.24, 2.45) is 16.8 Å². The van der Waals surface area contributed by atoms with Crippen LogP contribution in [0.15, 0.2) is 29.4 Å². The highest BCUT2D eigenvalue weighted by atomic mass is 32.2. The Labute approximate surface area is 136 Å². The predicted molar refractivity (Wildman–Crippen MR) is 90.7 cm³/mol. The summed E-state index contributed by atoms with van der Waals surface area (Å²) >= 11 is 1.94. The van der Waals surface area contributed by atoms with Crippen molar-refractivity contribution in [3.8, 4) is 0 Å². The van der Waals surface area contributed by atoms with Crippen LogP contribution in [0.2, 0.25) is 0 Å². The van der Waals surface area contributed by atoms with E-state index in [1.54, 1.807) is 0 Å². The number of hydrogen-bond donors (Lipinski definition) is 1. The summed E-state index contributed by atoms with van der Waals surface area (Å²) in [5.41, 5.74) is 4.44. The second kappa shape index (κ2) is 5.85. The molecule has 0 saturated carbocycles. The molecule has 0 aromatic carbocycles. The van der Waals surface area contributed by atoms with E-state index in [-0.39, 0.29) is 16.6 Å². The zero-order chi connectivity index (χ0) is 15.0. The zero-order valence-corrected chi connectivity index (χ0v) is 13.6. The van der Waals surface area contributed by atoms with Crippen LogP contribution in [0.3, 0.4) is 0 Å². The summed E-state index contributed by atoms with van der Waals surface area (Å²) < 4.78 is 0.0490. The van der Waals surface area contributed by atoms with Gasteiger partial charge >= 0.3 is 0 Å². The molecule has 0 aromatic heterocycles. The van der Waals surface area contributed by atoms with Gasteiger partial charge in [0.25, 0.3) is 0 Å². The number of nitrogens with zero attached hydrogens (tertiary/aromatic N) is 2. The lowest BCUT2D eigenvalue weighted by Crippen LogP contribution is -2.50. The van der Waals surface area contributed by atoms with E-state index >= 15 is 0 Å². The first-order chi connectivity index (χ1) is 10.8. The van der Waals surface area contributed by atoms with Crippen LogP contribution in [0.25, 0.3) is 0 Å². The van der Waals surface area contributed by atoms with E-state index < -0.39 is 0 Å². The lowest BCUT2D eigenvalue weighted by atomic mass is 9.73. The Balaban J connectivity index is 1.50. The Kier molecular flexibility index (Phi) is 3.86. The number of nitrogens with one attached hydrogen (secondary N) is 1. The number of hydrazine groups is 1. The van der Waals surface area contributed by atoms with Gasteiger partial charge in [0.05, 0.1) is 10.7 Å². The Morgan fingerprint density at radius 3 is 3.05 bits per heavy atom. The van der Waals surface area contributed by atoms with Crippen LogP contribution in [0.5, 0.6) is 0 Å². The fourth-order valence-corrected chi connectivity index (χ4v) is 5.93. The zero-order valence-electron chi connectivity index (χ0n) is 12.8. The van der Waals surface area contributed by atoms with Crippen LogP contribution in [-0.4, -0.2) is 40.2 Å². The van der Waals surface area contributed by atoms with Crippen molar-refractivity contribution in [3.05, 3.63) is 24.4 Å². The molecule has 1 spiro atoms. The lowest BCUT2D eigenvalue weighted by Gasteiger charge is -2.39. The van der Waals surface area contributed by atoms with Crippen molar-refractivity contribution in [3.63, 3.8) is 0 Å². The molecule has 2 saturated heterocycles. The minimum absolute atomic E-state index is 0.0490. The van der Waals surface area contributed by atoms with E-state index in [0.29, 0.717) is 5.92 Å². The van der Waals surface area contributed by atoms with Gasteiger partial charge in [0.2, 0.25) is 5.91 Å². The van der Waals surface area contributed by atoms with E-state index in [1.165, 1.54) is 25.0 Å². The molecule has 0 radical (unpaired) electrons. The summed E-state index contributed by atoms with van der Waals surface area (Å²) in [6.07, 6.45) is 14.2. The largest absolute Gasteiger partial charge is 0.289 e. The molecule has 2 fully saturated rings. The first-order valence-electron chi connectivity index (χ1n) is 8.38. The number of carbonyl (C=O) groups is 1. The summed E-state index contributed by atoms with van der Waals surface area (Å²) in [4.78, 5) is 17.4. The van der Waals surface area contributed by atoms with Gasteiger partial charge in [0.1, 0.15) is 0 Å². The van der Waals surface area contributed by atoms with E-state index in [2.05, 4.69) is 33.7 Å². The van der Waals surface area contributed by atoms with Crippen LogP contribution in [0.1, 0.15) is 32.1 Å². The molecular weight excluding hydrogens is 294 g/mol. The van der Waals surface area contributed by atoms with Crippen LogP contribution < -0.4 is 5.43 Å². The van der Waals surface area contributed by atoms with Crippen molar-refractivity contribution in [2.75, 3.05) is 18.8 Å². The molecule has 3 unspecified atom stereocenters. The van der Waals surface area contributed by atoms with Gasteiger partial charge in [0.15, 0.2) is 0 Å². The van der Waals surface area contributed by atoms with Crippen LogP contribution in [0, 0.1) is 11.8 Å². The van der Waals surface area contributed by atoms with E-state index in [9.17, 15) is 4.79 Å². The van der Waals surface area contributed by atoms with Gasteiger partial charge in [0, 0.05) is 43.1 Å². The van der Waals surface area contributed by atoms with Crippen molar-refractivity contribution in [1.82, 2.24) is 10.4 Å². The number of amides is 1. The monoisotopic (exact) mass is 317 g/mol. The number of allylic oxidation sites excluding steroid dienone is 3. The summed E-state index contributed by atoms with van der Waals surface area (Å²) in [6.45, 7) is 1.99. The minimum atomic E-state index is 0.0490. The van der Waals surface area contributed by atoms with Gasteiger partial charge in [-0.15, -0.1) is 11.8 Å². The molecule has 118 valence electrons. The van der Waals surface area contributed by atoms with Gasteiger partial charge in [-0.05, 0) is 19.3 Å². The minimum Gasteiger partial charge on any atom is -0.289 e. The molecule has 4 nitrogen and oxygen atoms in total. The topological polar surface area (TPSA) is 44.7 Å². The van der Waals surface area contributed by atoms with Crippen molar-refractivity contribution in [1.29, 1.82) is 0 Å². The highest BCUT2D eigenvalue weighted by Crippen LogP contribution is 2.53. The molecule has 1 aliphatic carbocycles. The Bertz CT molecular complexity index is 550. The van der Waals surface area contributed by atoms with Crippen LogP contribution in [-0.2, 0) is 4.79 Å². The molecule has 0 bridgehead atoms. The molecule has 1 amide bonds. The average Bonchev–Trinajstić information content (AvgIpc) is 2.93. The quantitative estimate of drug-likeness (QED) is 0.796. The van der Waals surface area contributed by atoms with Crippen molar-refractivity contribution in [2.45, 2.75) is 36.9 Å². The first-order valence-corrected chi connectivity index (χ1v) is 9.36. The first kappa shape index (κ1) is 14.5. The maximum atomic E-state index is 12.8. The van der Waals surface area contributed by atoms with Crippen LogP contribution >= 0.6 is 11.8 Å². The van der Waals surface area contributed by atoms with Crippen molar-refractivity contribution >= 4 is 23.4 Å². The maximum Gasteiger partial charge on any atom is 0.238 e. The number of thioether (sulfide) groups is 1. The van der Waals surface area contributed by atoms with Gasteiger partial charge in [-0.25, -0.2) is 5.01 Å². The second-order valence-electron chi connectivity index (χ2n) is 6.65. The standard InChI is InChI=1S/C17H23N3OS/c21-16(19-20-10-4-1-5-11-20)13-12-22-17-8-3-2-6-15(17)18-9-7-14(13)17/h2-3,7,9,13-14H,1,4-6,8,10-12H2,(H,19,21). The van der Waals surface area contributed by atoms with Crippen molar-refractivity contribution < 1.29 is 4.79 Å². The third-order valence-corrected chi connectivity index (χ3v) is 7.08. The summed E-state index contributed by atoms with van der Waals surface area (Å²) in [6, 6.07) is 0. The molecule has 3 heterocycles. The molecular formula is C17H23N3OS. The maximum absolute atomic E-state index is 12.8. The summed E-state index contributed by atoms with van der Waals surface area (Å²) in [5, 5.41) is 2.11. The number of rotatable bonds is 2. The molecule has 5 heteroatoms. The normalized spacial score (nSPS) is 37.4. The number of hydrogen-bond acceptors (Lipinski definition) is 4. The molecule has 0 aromatic rings. The Morgan fingerprint density at radius 1 is 1.32 bits per heavy atom. The molecule has 4 rings (SSSR count). The molecule has 22 heavy (non-hydrogen) atoms. The summed E-state index contributed by atoms with van der Waals surface area (Å²) in [5.74, 6) is 1.47. The molecule has 4 aliphatic rings. The van der Waals surface area contributed by atoms with Gasteiger partial charge < -0.3 is 0 Å². The lowest BCUT2D eigenvalue weighted by molar-refractivity contribution is -0.130. The Hall–Kier alpha value is -1.07. The third-order valence-electron chi connectivity index (χ3n) is 5.36. The number of piperidine rings is 1. The Morgan fingerprint density at radius 2 is 2.18 bits per heavy atom. The SMILES string of the molecule is O=C(NN1CCCCC1)C1CSC23CC=CCC2=NC=CC13. The fraction of sp³-hybridized carbons (Fsp3) is 0.647. The number of carbonyl (C=O) groups excluding carboxylic acids is 1. The molecule has 3 atom stereocenters. The average molecular weight is 317 g/mol. The molecule has 1 N–H and O–H groups in total. The van der Waals surface area contributed by atoms with E-state index in [1.807, 2.05) is 18.0 Å². The smallest absolute Gasteiger partial charge is 0.238 e.